The van der Waals surface area contributed by atoms with E-state index in [-0.39, 0.29) is 12.3 Å². The van der Waals surface area contributed by atoms with Crippen LogP contribution in [0.3, 0.4) is 0 Å². The maximum absolute atomic E-state index is 13.5. The van der Waals surface area contributed by atoms with Gasteiger partial charge in [-0.15, -0.1) is 0 Å². The predicted molar refractivity (Wildman–Crippen MR) is 145 cm³/mol. The van der Waals surface area contributed by atoms with Crippen molar-refractivity contribution in [2.24, 2.45) is 0 Å². The molecule has 4 rings (SSSR count). The lowest BCUT2D eigenvalue weighted by molar-refractivity contribution is 0.0515. The Labute approximate surface area is 221 Å². The average molecular weight is 515 g/mol. The van der Waals surface area contributed by atoms with Crippen LogP contribution in [0, 0.1) is 0 Å². The Morgan fingerprint density at radius 2 is 1.50 bits per heavy atom. The number of carbonyl (C=O) groups excluding carboxylic acids is 2. The first-order chi connectivity index (χ1) is 18.5. The number of nitrogens with zero attached hydrogens (tertiary/aromatic N) is 1. The zero-order chi connectivity index (χ0) is 27.1. The van der Waals surface area contributed by atoms with Gasteiger partial charge in [-0.2, -0.15) is 0 Å². The topological polar surface area (TPSA) is 88.0 Å². The van der Waals surface area contributed by atoms with Crippen molar-refractivity contribution in [2.45, 2.75) is 13.5 Å². The number of benzene rings is 3. The third-order valence-electron chi connectivity index (χ3n) is 6.03. The van der Waals surface area contributed by atoms with Gasteiger partial charge in [0.05, 0.1) is 39.2 Å². The Bertz CT molecular complexity index is 1430. The highest BCUT2D eigenvalue weighted by atomic mass is 16.5. The third kappa shape index (κ3) is 5.49. The molecule has 8 heteroatoms. The standard InChI is InChI=1S/C30H30N2O6/c1-5-38-30(34)28-27(31-29(33)22-13-9-10-14-24(22)35-2)23(19-32(28)18-20-11-7-6-8-12-20)21-15-16-25(36-3)26(17-21)37-4/h6-17,19H,5,18H2,1-4H3,(H,31,33). The largest absolute Gasteiger partial charge is 0.496 e. The molecule has 196 valence electrons. The maximum Gasteiger partial charge on any atom is 0.357 e. The quantitative estimate of drug-likeness (QED) is 0.275. The molecule has 0 spiro atoms. The number of ether oxygens (including phenoxy) is 4. The number of hydrogen-bond donors (Lipinski definition) is 1. The Kier molecular flexibility index (Phi) is 8.33. The van der Waals surface area contributed by atoms with Crippen molar-refractivity contribution in [3.05, 3.63) is 95.8 Å². The number of amides is 1. The highest BCUT2D eigenvalue weighted by Gasteiger charge is 2.27. The van der Waals surface area contributed by atoms with Crippen molar-refractivity contribution in [3.8, 4) is 28.4 Å². The Hall–Kier alpha value is -4.72. The minimum atomic E-state index is -0.550. The molecule has 4 aromatic rings. The second-order valence-corrected chi connectivity index (χ2v) is 8.32. The van der Waals surface area contributed by atoms with E-state index in [1.165, 1.54) is 7.11 Å². The van der Waals surface area contributed by atoms with Gasteiger partial charge in [0.2, 0.25) is 0 Å². The van der Waals surface area contributed by atoms with Gasteiger partial charge in [-0.1, -0.05) is 48.5 Å². The van der Waals surface area contributed by atoms with Gasteiger partial charge in [0.25, 0.3) is 5.91 Å². The van der Waals surface area contributed by atoms with E-state index >= 15 is 0 Å². The van der Waals surface area contributed by atoms with Crippen LogP contribution in [0.15, 0.2) is 79.0 Å². The minimum Gasteiger partial charge on any atom is -0.496 e. The molecule has 0 aliphatic rings. The molecule has 3 aromatic carbocycles. The van der Waals surface area contributed by atoms with Crippen LogP contribution in [0.1, 0.15) is 33.3 Å². The van der Waals surface area contributed by atoms with Crippen LogP contribution in [0.2, 0.25) is 0 Å². The van der Waals surface area contributed by atoms with Gasteiger partial charge in [0.15, 0.2) is 17.2 Å². The molecule has 0 unspecified atom stereocenters. The van der Waals surface area contributed by atoms with E-state index in [0.29, 0.717) is 40.6 Å². The molecule has 1 N–H and O–H groups in total. The zero-order valence-electron chi connectivity index (χ0n) is 21.8. The number of para-hydroxylation sites is 1. The maximum atomic E-state index is 13.5. The molecular weight excluding hydrogens is 484 g/mol. The predicted octanol–water partition coefficient (Wildman–Crippen LogP) is 5.66. The van der Waals surface area contributed by atoms with Crippen LogP contribution < -0.4 is 19.5 Å². The SMILES string of the molecule is CCOC(=O)c1c(NC(=O)c2ccccc2OC)c(-c2ccc(OC)c(OC)c2)cn1Cc1ccccc1. The molecule has 1 aromatic heterocycles. The molecule has 0 bridgehead atoms. The van der Waals surface area contributed by atoms with Crippen LogP contribution in [0.4, 0.5) is 5.69 Å². The normalized spacial score (nSPS) is 10.5. The van der Waals surface area contributed by atoms with Crippen LogP contribution in [-0.4, -0.2) is 44.4 Å². The summed E-state index contributed by atoms with van der Waals surface area (Å²) in [5.41, 5.74) is 3.20. The Balaban J connectivity index is 1.91. The number of rotatable bonds is 10. The molecule has 0 aliphatic heterocycles. The second-order valence-electron chi connectivity index (χ2n) is 8.32. The number of carbonyl (C=O) groups is 2. The average Bonchev–Trinajstić information content (AvgIpc) is 3.30. The molecule has 8 nitrogen and oxygen atoms in total. The van der Waals surface area contributed by atoms with E-state index in [4.69, 9.17) is 18.9 Å². The van der Waals surface area contributed by atoms with Gasteiger partial charge in [0.1, 0.15) is 5.75 Å². The van der Waals surface area contributed by atoms with Gasteiger partial charge in [-0.05, 0) is 42.3 Å². The zero-order valence-corrected chi connectivity index (χ0v) is 21.8. The van der Waals surface area contributed by atoms with Crippen molar-refractivity contribution >= 4 is 17.6 Å². The summed E-state index contributed by atoms with van der Waals surface area (Å²) in [5.74, 6) is 0.516. The molecule has 0 saturated heterocycles. The van der Waals surface area contributed by atoms with E-state index in [1.807, 2.05) is 42.6 Å². The molecule has 0 radical (unpaired) electrons. The first-order valence-corrected chi connectivity index (χ1v) is 12.1. The molecule has 1 heterocycles. The summed E-state index contributed by atoms with van der Waals surface area (Å²) >= 11 is 0. The molecule has 0 saturated carbocycles. The second kappa shape index (κ2) is 12.0. The molecular formula is C30H30N2O6. The fraction of sp³-hybridized carbons (Fsp3) is 0.200. The fourth-order valence-electron chi connectivity index (χ4n) is 4.24. The van der Waals surface area contributed by atoms with Crippen molar-refractivity contribution in [1.29, 1.82) is 0 Å². The van der Waals surface area contributed by atoms with E-state index in [1.54, 1.807) is 62.1 Å². The lowest BCUT2D eigenvalue weighted by Gasteiger charge is -2.14. The summed E-state index contributed by atoms with van der Waals surface area (Å²) in [5, 5.41) is 2.97. The van der Waals surface area contributed by atoms with Crippen LogP contribution >= 0.6 is 0 Å². The minimum absolute atomic E-state index is 0.181. The van der Waals surface area contributed by atoms with E-state index in [2.05, 4.69) is 5.32 Å². The van der Waals surface area contributed by atoms with Gasteiger partial charge in [0, 0.05) is 18.3 Å². The van der Waals surface area contributed by atoms with Crippen LogP contribution in [-0.2, 0) is 11.3 Å². The smallest absolute Gasteiger partial charge is 0.357 e. The molecule has 0 fully saturated rings. The molecule has 0 aliphatic carbocycles. The van der Waals surface area contributed by atoms with Crippen molar-refractivity contribution in [1.82, 2.24) is 4.57 Å². The lowest BCUT2D eigenvalue weighted by Crippen LogP contribution is -2.19. The summed E-state index contributed by atoms with van der Waals surface area (Å²) in [4.78, 5) is 26.8. The van der Waals surface area contributed by atoms with E-state index < -0.39 is 11.9 Å². The monoisotopic (exact) mass is 514 g/mol. The Morgan fingerprint density at radius 3 is 2.18 bits per heavy atom. The first-order valence-electron chi connectivity index (χ1n) is 12.1. The number of methoxy groups -OCH3 is 3. The summed E-state index contributed by atoms with van der Waals surface area (Å²) in [6.45, 7) is 2.31. The van der Waals surface area contributed by atoms with E-state index in [9.17, 15) is 9.59 Å². The summed E-state index contributed by atoms with van der Waals surface area (Å²) in [6, 6.07) is 22.1. The molecule has 0 atom stereocenters. The summed E-state index contributed by atoms with van der Waals surface area (Å²) < 4.78 is 23.5. The Morgan fingerprint density at radius 1 is 0.816 bits per heavy atom. The number of anilines is 1. The van der Waals surface area contributed by atoms with Crippen LogP contribution in [0.5, 0.6) is 17.2 Å². The number of aromatic nitrogens is 1. The highest BCUT2D eigenvalue weighted by Crippen LogP contribution is 2.39. The van der Waals surface area contributed by atoms with Crippen LogP contribution in [0.25, 0.3) is 11.1 Å². The molecule has 38 heavy (non-hydrogen) atoms. The van der Waals surface area contributed by atoms with Gasteiger partial charge in [-0.3, -0.25) is 4.79 Å². The van der Waals surface area contributed by atoms with Gasteiger partial charge in [-0.25, -0.2) is 4.79 Å². The van der Waals surface area contributed by atoms with Crippen molar-refractivity contribution < 1.29 is 28.5 Å². The van der Waals surface area contributed by atoms with Gasteiger partial charge < -0.3 is 28.8 Å². The highest BCUT2D eigenvalue weighted by molar-refractivity contribution is 6.12. The fourth-order valence-corrected chi connectivity index (χ4v) is 4.24. The van der Waals surface area contributed by atoms with Crippen molar-refractivity contribution in [2.75, 3.05) is 33.3 Å². The van der Waals surface area contributed by atoms with Crippen molar-refractivity contribution in [3.63, 3.8) is 0 Å². The summed E-state index contributed by atoms with van der Waals surface area (Å²) in [7, 11) is 4.61. The van der Waals surface area contributed by atoms with Gasteiger partial charge >= 0.3 is 5.97 Å². The number of hydrogen-bond acceptors (Lipinski definition) is 6. The molecule has 1 amide bonds. The third-order valence-corrected chi connectivity index (χ3v) is 6.03. The number of esters is 1. The number of nitrogens with one attached hydrogen (secondary N) is 1. The first kappa shape index (κ1) is 26.3. The van der Waals surface area contributed by atoms with E-state index in [0.717, 1.165) is 11.1 Å². The lowest BCUT2D eigenvalue weighted by atomic mass is 10.1. The summed E-state index contributed by atoms with van der Waals surface area (Å²) in [6.07, 6.45) is 1.83.